The van der Waals surface area contributed by atoms with Gasteiger partial charge in [0.1, 0.15) is 17.2 Å². The van der Waals surface area contributed by atoms with E-state index in [2.05, 4.69) is 135 Å². The number of rotatable bonds is 11. The van der Waals surface area contributed by atoms with E-state index in [0.717, 1.165) is 56.4 Å². The second-order valence-electron chi connectivity index (χ2n) is 13.7. The molecule has 0 saturated heterocycles. The van der Waals surface area contributed by atoms with Gasteiger partial charge in [-0.3, -0.25) is 0 Å². The summed E-state index contributed by atoms with van der Waals surface area (Å²) < 4.78 is 20.6. The third-order valence-electron chi connectivity index (χ3n) is 9.97. The van der Waals surface area contributed by atoms with Crippen LogP contribution in [0.3, 0.4) is 0 Å². The predicted octanol–water partition coefficient (Wildman–Crippen LogP) is 13.3. The molecule has 0 bridgehead atoms. The van der Waals surface area contributed by atoms with Crippen LogP contribution >= 0.6 is 16.5 Å². The molecule has 0 atom stereocenters. The molecule has 8 aromatic carbocycles. The zero-order valence-electron chi connectivity index (χ0n) is 31.0. The average Bonchev–Trinajstić information content (AvgIpc) is 3.20. The number of aryl methyl sites for hydroxylation is 4. The molecular weight excluding hydrogens is 698 g/mol. The van der Waals surface area contributed by atoms with Gasteiger partial charge >= 0.3 is 8.60 Å². The molecule has 0 radical (unpaired) electrons. The highest BCUT2D eigenvalue weighted by Crippen LogP contribution is 2.53. The van der Waals surface area contributed by atoms with Crippen LogP contribution in [-0.4, -0.2) is 0 Å². The molecule has 0 spiro atoms. The minimum Gasteiger partial charge on any atom is -0.408 e. The van der Waals surface area contributed by atoms with Gasteiger partial charge in [-0.15, -0.1) is 0 Å². The van der Waals surface area contributed by atoms with Crippen LogP contribution in [0.25, 0.3) is 32.7 Å². The molecule has 0 heterocycles. The number of hydrogen-bond acceptors (Lipinski definition) is 3. The largest absolute Gasteiger partial charge is 0.530 e. The Kier molecular flexibility index (Phi) is 10.5. The summed E-state index contributed by atoms with van der Waals surface area (Å²) in [4.78, 5) is 0. The van der Waals surface area contributed by atoms with Crippen molar-refractivity contribution < 1.29 is 13.6 Å². The van der Waals surface area contributed by atoms with Crippen molar-refractivity contribution in [3.63, 3.8) is 0 Å². The number of hydrogen-bond donors (Lipinski definition) is 0. The minimum absolute atomic E-state index is 0.732. The Morgan fingerprint density at radius 3 is 1.39 bits per heavy atom. The van der Waals surface area contributed by atoms with Crippen LogP contribution in [0.2, 0.25) is 0 Å². The molecule has 8 rings (SSSR count). The molecule has 0 N–H and O–H groups in total. The van der Waals surface area contributed by atoms with E-state index in [1.807, 2.05) is 62.4 Å². The lowest BCUT2D eigenvalue weighted by molar-refractivity contribution is 0.385. The molecule has 0 unspecified atom stereocenters. The highest BCUT2D eigenvalue weighted by Gasteiger charge is 2.29. The molecule has 0 aliphatic heterocycles. The monoisotopic (exact) mass is 740 g/mol. The fraction of sp³-hybridized carbons (Fsp3) is 0.102. The lowest BCUT2D eigenvalue weighted by Crippen LogP contribution is -2.14. The van der Waals surface area contributed by atoms with Crippen molar-refractivity contribution in [1.29, 1.82) is 0 Å². The van der Waals surface area contributed by atoms with E-state index >= 15 is 0 Å². The van der Waals surface area contributed by atoms with Crippen LogP contribution in [0, 0.1) is 27.7 Å². The Labute approximate surface area is 321 Å². The number of benzene rings is 8. The average molecular weight is 741 g/mol. The molecular formula is C49H42O3P2. The Morgan fingerprint density at radius 2 is 0.852 bits per heavy atom. The minimum atomic E-state index is -1.95. The van der Waals surface area contributed by atoms with Gasteiger partial charge in [-0.05, 0) is 119 Å². The second kappa shape index (κ2) is 15.9. The Hall–Kier alpha value is -5.46. The summed E-state index contributed by atoms with van der Waals surface area (Å²) in [7, 11) is -2.69. The fourth-order valence-corrected chi connectivity index (χ4v) is 10.8. The third-order valence-corrected chi connectivity index (χ3v) is 13.5. The topological polar surface area (TPSA) is 27.7 Å². The normalized spacial score (nSPS) is 11.4. The molecule has 0 aliphatic carbocycles. The molecule has 0 amide bonds. The second-order valence-corrected chi connectivity index (χ2v) is 16.9. The standard InChI is InChI=1S/C49H42O3P2/c1-34-19-11-17-29-45(34)50-54(51-46-30-18-12-20-35(46)2)52-49-37(4)32-39-22-14-16-28-43(39)48(49)47-42-27-15-13-21-38(42)31-36(3)44(47)33-53(40-23-7-5-8-24-40)41-25-9-6-10-26-41/h5-32H,33H2,1-4H3. The van der Waals surface area contributed by atoms with Crippen molar-refractivity contribution in [2.24, 2.45) is 0 Å². The van der Waals surface area contributed by atoms with E-state index < -0.39 is 16.5 Å². The van der Waals surface area contributed by atoms with Crippen LogP contribution in [-0.2, 0) is 6.16 Å². The van der Waals surface area contributed by atoms with Crippen molar-refractivity contribution in [3.8, 4) is 28.4 Å². The van der Waals surface area contributed by atoms with Gasteiger partial charge in [0.2, 0.25) is 0 Å². The molecule has 54 heavy (non-hydrogen) atoms. The van der Waals surface area contributed by atoms with Gasteiger partial charge in [0.05, 0.1) is 0 Å². The summed E-state index contributed by atoms with van der Waals surface area (Å²) in [6.07, 6.45) is 0.866. The fourth-order valence-electron chi connectivity index (χ4n) is 7.17. The highest BCUT2D eigenvalue weighted by atomic mass is 31.2. The SMILES string of the molecule is Cc1ccccc1OP(Oc1ccccc1C)Oc1c(C)cc2ccccc2c1-c1c(CP(c2ccccc2)c2ccccc2)c(C)cc2ccccc12. The molecule has 3 nitrogen and oxygen atoms in total. The van der Waals surface area contributed by atoms with Gasteiger partial charge < -0.3 is 13.6 Å². The molecule has 266 valence electrons. The molecule has 0 fully saturated rings. The molecule has 0 saturated carbocycles. The molecule has 5 heteroatoms. The summed E-state index contributed by atoms with van der Waals surface area (Å²) in [5.74, 6) is 2.23. The van der Waals surface area contributed by atoms with E-state index in [1.165, 1.54) is 38.1 Å². The van der Waals surface area contributed by atoms with Crippen molar-refractivity contribution in [2.75, 3.05) is 0 Å². The molecule has 8 aromatic rings. The van der Waals surface area contributed by atoms with E-state index in [4.69, 9.17) is 13.6 Å². The van der Waals surface area contributed by atoms with Crippen LogP contribution in [0.1, 0.15) is 27.8 Å². The maximum atomic E-state index is 7.20. The highest BCUT2D eigenvalue weighted by molar-refractivity contribution is 7.72. The first-order chi connectivity index (χ1) is 26.4. The van der Waals surface area contributed by atoms with Crippen LogP contribution in [0.4, 0.5) is 0 Å². The number of fused-ring (bicyclic) bond motifs is 2. The maximum absolute atomic E-state index is 7.20. The lowest BCUT2D eigenvalue weighted by Gasteiger charge is -2.27. The third kappa shape index (κ3) is 7.36. The summed E-state index contributed by atoms with van der Waals surface area (Å²) >= 11 is 0. The zero-order valence-corrected chi connectivity index (χ0v) is 32.8. The number of para-hydroxylation sites is 2. The Bertz CT molecular complexity index is 2480. The molecule has 0 aromatic heterocycles. The van der Waals surface area contributed by atoms with E-state index in [9.17, 15) is 0 Å². The van der Waals surface area contributed by atoms with Gasteiger partial charge in [-0.25, -0.2) is 0 Å². The van der Waals surface area contributed by atoms with Gasteiger partial charge in [0.25, 0.3) is 0 Å². The van der Waals surface area contributed by atoms with Crippen molar-refractivity contribution in [1.82, 2.24) is 0 Å². The quantitative estimate of drug-likeness (QED) is 0.124. The summed E-state index contributed by atoms with van der Waals surface area (Å²) in [5.41, 5.74) is 7.88. The van der Waals surface area contributed by atoms with Crippen LogP contribution in [0.5, 0.6) is 17.2 Å². The smallest absolute Gasteiger partial charge is 0.408 e. The Morgan fingerprint density at radius 1 is 0.407 bits per heavy atom. The first-order valence-electron chi connectivity index (χ1n) is 18.3. The van der Waals surface area contributed by atoms with E-state index in [0.29, 0.717) is 0 Å². The first kappa shape index (κ1) is 35.6. The van der Waals surface area contributed by atoms with Crippen LogP contribution in [0.15, 0.2) is 170 Å². The zero-order chi connectivity index (χ0) is 37.0. The Balaban J connectivity index is 1.37. The van der Waals surface area contributed by atoms with Crippen LogP contribution < -0.4 is 24.2 Å². The first-order valence-corrected chi connectivity index (χ1v) is 20.9. The van der Waals surface area contributed by atoms with Crippen molar-refractivity contribution in [3.05, 3.63) is 198 Å². The van der Waals surface area contributed by atoms with E-state index in [1.54, 1.807) is 0 Å². The van der Waals surface area contributed by atoms with E-state index in [-0.39, 0.29) is 0 Å². The van der Waals surface area contributed by atoms with Crippen molar-refractivity contribution >= 4 is 48.7 Å². The predicted molar refractivity (Wildman–Crippen MR) is 230 cm³/mol. The summed E-state index contributed by atoms with van der Waals surface area (Å²) in [6.45, 7) is 8.50. The van der Waals surface area contributed by atoms with Gasteiger partial charge in [0.15, 0.2) is 0 Å². The maximum Gasteiger partial charge on any atom is 0.530 e. The summed E-state index contributed by atoms with van der Waals surface area (Å²) in [5, 5.41) is 7.38. The van der Waals surface area contributed by atoms with Gasteiger partial charge in [-0.1, -0.05) is 152 Å². The van der Waals surface area contributed by atoms with Crippen molar-refractivity contribution in [2.45, 2.75) is 33.9 Å². The lowest BCUT2D eigenvalue weighted by atomic mass is 9.87. The van der Waals surface area contributed by atoms with Gasteiger partial charge in [-0.2, -0.15) is 0 Å². The van der Waals surface area contributed by atoms with Gasteiger partial charge in [0, 0.05) is 11.7 Å². The summed E-state index contributed by atoms with van der Waals surface area (Å²) in [6, 6.07) is 60.0. The molecule has 0 aliphatic rings.